The summed E-state index contributed by atoms with van der Waals surface area (Å²) in [5.74, 6) is -1.05. The first-order valence-electron chi connectivity index (χ1n) is 8.42. The van der Waals surface area contributed by atoms with Crippen molar-refractivity contribution in [1.29, 1.82) is 0 Å². The van der Waals surface area contributed by atoms with E-state index in [1.54, 1.807) is 41.5 Å². The smallest absolute Gasteiger partial charge is 0.410 e. The molecule has 0 bridgehead atoms. The number of hydrogen-bond acceptors (Lipinski definition) is 5. The van der Waals surface area contributed by atoms with E-state index in [0.717, 1.165) is 0 Å². The minimum atomic E-state index is -1.08. The third-order valence-corrected chi connectivity index (χ3v) is 3.48. The molecule has 1 atom stereocenters. The van der Waals surface area contributed by atoms with Gasteiger partial charge in [0.25, 0.3) is 0 Å². The van der Waals surface area contributed by atoms with E-state index in [4.69, 9.17) is 9.47 Å². The van der Waals surface area contributed by atoms with Gasteiger partial charge in [-0.1, -0.05) is 0 Å². The summed E-state index contributed by atoms with van der Waals surface area (Å²) in [6.07, 6.45) is -0.515. The second kappa shape index (κ2) is 7.49. The molecule has 1 heterocycles. The van der Waals surface area contributed by atoms with E-state index in [-0.39, 0.29) is 13.0 Å². The summed E-state index contributed by atoms with van der Waals surface area (Å²) < 4.78 is 10.6. The summed E-state index contributed by atoms with van der Waals surface area (Å²) in [5.41, 5.74) is -2.43. The van der Waals surface area contributed by atoms with Gasteiger partial charge in [0.2, 0.25) is 0 Å². The molecule has 2 amide bonds. The number of hydrogen-bond donors (Lipinski definition) is 2. The normalized spacial score (nSPS) is 21.4. The molecule has 0 spiro atoms. The molecule has 8 heteroatoms. The largest absolute Gasteiger partial charge is 0.481 e. The Hall–Kier alpha value is -1.99. The van der Waals surface area contributed by atoms with Crippen molar-refractivity contribution in [3.63, 3.8) is 0 Å². The van der Waals surface area contributed by atoms with Crippen molar-refractivity contribution in [3.8, 4) is 0 Å². The molecule has 1 aliphatic heterocycles. The molecule has 0 aromatic carbocycles. The number of rotatable bonds is 3. The van der Waals surface area contributed by atoms with Gasteiger partial charge < -0.3 is 24.8 Å². The summed E-state index contributed by atoms with van der Waals surface area (Å²) in [5, 5.41) is 11.9. The molecular formula is C17H30N2O6. The van der Waals surface area contributed by atoms with Crippen LogP contribution in [0.25, 0.3) is 0 Å². The summed E-state index contributed by atoms with van der Waals surface area (Å²) >= 11 is 0. The van der Waals surface area contributed by atoms with Gasteiger partial charge in [-0.2, -0.15) is 0 Å². The van der Waals surface area contributed by atoms with E-state index < -0.39 is 34.9 Å². The van der Waals surface area contributed by atoms with Gasteiger partial charge in [0.05, 0.1) is 12.0 Å². The van der Waals surface area contributed by atoms with Gasteiger partial charge in [-0.3, -0.25) is 4.79 Å². The molecule has 1 aliphatic rings. The molecule has 1 saturated heterocycles. The standard InChI is InChI=1S/C17H30N2O6/c1-15(2,3)24-13(22)18-17(10-12(20)21)8-7-9-19(11-17)14(23)25-16(4,5)6/h7-11H2,1-6H3,(H,18,22)(H,20,21). The minimum Gasteiger partial charge on any atom is -0.481 e. The van der Waals surface area contributed by atoms with Crippen LogP contribution < -0.4 is 5.32 Å². The maximum Gasteiger partial charge on any atom is 0.410 e. The number of carboxylic acid groups (broad SMARTS) is 1. The van der Waals surface area contributed by atoms with Gasteiger partial charge in [-0.25, -0.2) is 9.59 Å². The highest BCUT2D eigenvalue weighted by Crippen LogP contribution is 2.27. The predicted molar refractivity (Wildman–Crippen MR) is 91.4 cm³/mol. The highest BCUT2D eigenvalue weighted by atomic mass is 16.6. The molecule has 0 radical (unpaired) electrons. The summed E-state index contributed by atoms with van der Waals surface area (Å²) in [6.45, 7) is 11.0. The number of aliphatic carboxylic acids is 1. The third-order valence-electron chi connectivity index (χ3n) is 3.48. The Labute approximate surface area is 148 Å². The van der Waals surface area contributed by atoms with E-state index in [2.05, 4.69) is 5.32 Å². The topological polar surface area (TPSA) is 105 Å². The first-order chi connectivity index (χ1) is 11.2. The van der Waals surface area contributed by atoms with Gasteiger partial charge in [0, 0.05) is 13.1 Å². The predicted octanol–water partition coefficient (Wildman–Crippen LogP) is 2.76. The number of alkyl carbamates (subject to hydrolysis) is 1. The van der Waals surface area contributed by atoms with Gasteiger partial charge in [0.1, 0.15) is 11.2 Å². The molecule has 1 fully saturated rings. The highest BCUT2D eigenvalue weighted by molar-refractivity contribution is 5.74. The first-order valence-corrected chi connectivity index (χ1v) is 8.42. The fraction of sp³-hybridized carbons (Fsp3) is 0.824. The molecular weight excluding hydrogens is 328 g/mol. The van der Waals surface area contributed by atoms with E-state index in [9.17, 15) is 19.5 Å². The van der Waals surface area contributed by atoms with Crippen molar-refractivity contribution in [3.05, 3.63) is 0 Å². The highest BCUT2D eigenvalue weighted by Gasteiger charge is 2.42. The maximum absolute atomic E-state index is 12.3. The van der Waals surface area contributed by atoms with Crippen molar-refractivity contribution in [1.82, 2.24) is 10.2 Å². The van der Waals surface area contributed by atoms with Crippen LogP contribution in [-0.4, -0.2) is 58.0 Å². The fourth-order valence-electron chi connectivity index (χ4n) is 2.71. The number of amides is 2. The second-order valence-corrected chi connectivity index (χ2v) is 8.48. The lowest BCUT2D eigenvalue weighted by atomic mass is 9.86. The lowest BCUT2D eigenvalue weighted by Gasteiger charge is -2.42. The molecule has 25 heavy (non-hydrogen) atoms. The third kappa shape index (κ3) is 7.62. The van der Waals surface area contributed by atoms with Crippen LogP contribution in [0.4, 0.5) is 9.59 Å². The van der Waals surface area contributed by atoms with Gasteiger partial charge >= 0.3 is 18.2 Å². The number of nitrogens with one attached hydrogen (secondary N) is 1. The van der Waals surface area contributed by atoms with E-state index in [1.165, 1.54) is 4.90 Å². The zero-order valence-corrected chi connectivity index (χ0v) is 16.0. The Kier molecular flexibility index (Phi) is 6.31. The second-order valence-electron chi connectivity index (χ2n) is 8.48. The summed E-state index contributed by atoms with van der Waals surface area (Å²) in [4.78, 5) is 37.2. The van der Waals surface area contributed by atoms with Crippen LogP contribution >= 0.6 is 0 Å². The van der Waals surface area contributed by atoms with Crippen LogP contribution in [0.5, 0.6) is 0 Å². The number of likely N-dealkylation sites (tertiary alicyclic amines) is 1. The van der Waals surface area contributed by atoms with Crippen LogP contribution in [-0.2, 0) is 14.3 Å². The summed E-state index contributed by atoms with van der Waals surface area (Å²) in [6, 6.07) is 0. The molecule has 0 aromatic heterocycles. The molecule has 0 aromatic rings. The Balaban J connectivity index is 2.91. The van der Waals surface area contributed by atoms with Crippen LogP contribution in [0.2, 0.25) is 0 Å². The quantitative estimate of drug-likeness (QED) is 0.804. The van der Waals surface area contributed by atoms with Crippen LogP contribution in [0.1, 0.15) is 60.8 Å². The van der Waals surface area contributed by atoms with Crippen molar-refractivity contribution in [2.24, 2.45) is 0 Å². The zero-order chi connectivity index (χ0) is 19.5. The SMILES string of the molecule is CC(C)(C)OC(=O)NC1(CC(=O)O)CCCN(C(=O)OC(C)(C)C)C1. The Morgan fingerprint density at radius 2 is 1.64 bits per heavy atom. The molecule has 0 aliphatic carbocycles. The van der Waals surface area contributed by atoms with Gasteiger partial charge in [-0.05, 0) is 54.4 Å². The van der Waals surface area contributed by atoms with E-state index in [0.29, 0.717) is 19.4 Å². The number of ether oxygens (including phenoxy) is 2. The Bertz CT molecular complexity index is 520. The number of carbonyl (C=O) groups excluding carboxylic acids is 2. The van der Waals surface area contributed by atoms with Crippen molar-refractivity contribution in [2.45, 2.75) is 77.5 Å². The molecule has 2 N–H and O–H groups in total. The first kappa shape index (κ1) is 21.1. The fourth-order valence-corrected chi connectivity index (χ4v) is 2.71. The summed E-state index contributed by atoms with van der Waals surface area (Å²) in [7, 11) is 0. The maximum atomic E-state index is 12.3. The zero-order valence-electron chi connectivity index (χ0n) is 16.0. The minimum absolute atomic E-state index is 0.0630. The van der Waals surface area contributed by atoms with Crippen LogP contribution in [0, 0.1) is 0 Å². The molecule has 1 unspecified atom stereocenters. The Morgan fingerprint density at radius 3 is 2.12 bits per heavy atom. The molecule has 0 saturated carbocycles. The van der Waals surface area contributed by atoms with Crippen molar-refractivity contribution >= 4 is 18.2 Å². The lowest BCUT2D eigenvalue weighted by Crippen LogP contribution is -2.61. The number of nitrogens with zero attached hydrogens (tertiary/aromatic N) is 1. The average molecular weight is 358 g/mol. The van der Waals surface area contributed by atoms with Crippen molar-refractivity contribution in [2.75, 3.05) is 13.1 Å². The number of piperidine rings is 1. The lowest BCUT2D eigenvalue weighted by molar-refractivity contribution is -0.139. The molecule has 144 valence electrons. The Morgan fingerprint density at radius 1 is 1.08 bits per heavy atom. The van der Waals surface area contributed by atoms with Gasteiger partial charge in [-0.15, -0.1) is 0 Å². The monoisotopic (exact) mass is 358 g/mol. The number of carbonyl (C=O) groups is 3. The van der Waals surface area contributed by atoms with Crippen LogP contribution in [0.3, 0.4) is 0 Å². The molecule has 1 rings (SSSR count). The van der Waals surface area contributed by atoms with E-state index >= 15 is 0 Å². The average Bonchev–Trinajstić information content (AvgIpc) is 2.32. The number of carboxylic acids is 1. The van der Waals surface area contributed by atoms with E-state index in [1.807, 2.05) is 0 Å². The van der Waals surface area contributed by atoms with Crippen molar-refractivity contribution < 1.29 is 29.0 Å². The van der Waals surface area contributed by atoms with Crippen LogP contribution in [0.15, 0.2) is 0 Å². The molecule has 8 nitrogen and oxygen atoms in total. The van der Waals surface area contributed by atoms with Gasteiger partial charge in [0.15, 0.2) is 0 Å².